The minimum absolute atomic E-state index is 0.0642. The van der Waals surface area contributed by atoms with E-state index in [-0.39, 0.29) is 6.03 Å². The number of nitrogens with zero attached hydrogens (tertiary/aromatic N) is 3. The molecule has 6 heteroatoms. The number of nitrogens with one attached hydrogen (secondary N) is 1. The van der Waals surface area contributed by atoms with Crippen molar-refractivity contribution in [2.45, 2.75) is 46.2 Å². The average molecular weight is 318 g/mol. The van der Waals surface area contributed by atoms with Crippen molar-refractivity contribution < 1.29 is 4.79 Å². The van der Waals surface area contributed by atoms with Gasteiger partial charge in [0.1, 0.15) is 0 Å². The van der Waals surface area contributed by atoms with E-state index in [4.69, 9.17) is 0 Å². The third-order valence-electron chi connectivity index (χ3n) is 4.26. The number of hydrogen-bond acceptors (Lipinski definition) is 3. The maximum atomic E-state index is 12.4. The van der Waals surface area contributed by atoms with Gasteiger partial charge in [-0.2, -0.15) is 5.10 Å². The second-order valence-electron chi connectivity index (χ2n) is 5.84. The zero-order valence-corrected chi connectivity index (χ0v) is 14.1. The topological polar surface area (TPSA) is 50.2 Å². The van der Waals surface area contributed by atoms with E-state index >= 15 is 0 Å². The van der Waals surface area contributed by atoms with Gasteiger partial charge < -0.3 is 4.90 Å². The Labute approximate surface area is 134 Å². The summed E-state index contributed by atoms with van der Waals surface area (Å²) in [5.74, 6) is 0.638. The van der Waals surface area contributed by atoms with Crippen molar-refractivity contribution in [2.75, 3.05) is 11.9 Å². The molecule has 2 aromatic heterocycles. The lowest BCUT2D eigenvalue weighted by molar-refractivity contribution is 0.206. The molecule has 2 aromatic rings. The van der Waals surface area contributed by atoms with E-state index in [2.05, 4.69) is 35.7 Å². The second-order valence-corrected chi connectivity index (χ2v) is 6.84. The van der Waals surface area contributed by atoms with Crippen LogP contribution >= 0.6 is 11.3 Å². The zero-order chi connectivity index (χ0) is 15.7. The van der Waals surface area contributed by atoms with Crippen molar-refractivity contribution in [1.82, 2.24) is 14.7 Å². The molecule has 1 N–H and O–H groups in total. The highest BCUT2D eigenvalue weighted by atomic mass is 32.1. The Morgan fingerprint density at radius 1 is 1.55 bits per heavy atom. The number of hydrogen-bond donors (Lipinski definition) is 1. The quantitative estimate of drug-likeness (QED) is 0.935. The van der Waals surface area contributed by atoms with Crippen molar-refractivity contribution in [1.29, 1.82) is 0 Å². The summed E-state index contributed by atoms with van der Waals surface area (Å²) in [5, 5.41) is 9.54. The maximum Gasteiger partial charge on any atom is 0.323 e. The fourth-order valence-electron chi connectivity index (χ4n) is 2.78. The van der Waals surface area contributed by atoms with E-state index < -0.39 is 0 Å². The molecule has 0 aliphatic carbocycles. The number of aromatic nitrogens is 2. The molecule has 5 nitrogen and oxygen atoms in total. The third-order valence-corrected chi connectivity index (χ3v) is 5.28. The molecule has 0 spiro atoms. The first-order valence-corrected chi connectivity index (χ1v) is 8.63. The second kappa shape index (κ2) is 6.12. The Morgan fingerprint density at radius 3 is 3.14 bits per heavy atom. The van der Waals surface area contributed by atoms with Crippen LogP contribution in [0.5, 0.6) is 0 Å². The summed E-state index contributed by atoms with van der Waals surface area (Å²) in [6.45, 7) is 7.75. The lowest BCUT2D eigenvalue weighted by atomic mass is 10.1. The number of aryl methyl sites for hydroxylation is 1. The molecule has 0 aromatic carbocycles. The summed E-state index contributed by atoms with van der Waals surface area (Å²) in [6, 6.07) is 4.32. The Kier molecular flexibility index (Phi) is 4.20. The number of rotatable bonds is 3. The van der Waals surface area contributed by atoms with Crippen LogP contribution in [0.2, 0.25) is 0 Å². The van der Waals surface area contributed by atoms with Crippen LogP contribution in [0.3, 0.4) is 0 Å². The van der Waals surface area contributed by atoms with Gasteiger partial charge in [0.2, 0.25) is 0 Å². The number of carbonyl (C=O) groups is 1. The third kappa shape index (κ3) is 2.88. The van der Waals surface area contributed by atoms with Gasteiger partial charge in [-0.05, 0) is 43.7 Å². The van der Waals surface area contributed by atoms with Crippen LogP contribution in [0.15, 0.2) is 17.5 Å². The smallest absolute Gasteiger partial charge is 0.320 e. The normalized spacial score (nSPS) is 15.5. The molecule has 3 heterocycles. The average Bonchev–Trinajstić information content (AvgIpc) is 3.11. The standard InChI is InChI=1S/C16H22N4OS/c1-4-11(2)20-12(3)9-15(18-20)17-16(21)19-7-5-14-13(10-19)6-8-22-14/h6,8-9,11H,4-5,7,10H2,1-3H3,(H,17,18,21). The van der Waals surface area contributed by atoms with E-state index in [1.807, 2.05) is 22.6 Å². The number of amides is 2. The van der Waals surface area contributed by atoms with E-state index in [0.717, 1.165) is 25.1 Å². The molecule has 22 heavy (non-hydrogen) atoms. The molecule has 2 amide bonds. The highest BCUT2D eigenvalue weighted by molar-refractivity contribution is 7.10. The monoisotopic (exact) mass is 318 g/mol. The first kappa shape index (κ1) is 15.1. The number of thiophene rings is 1. The van der Waals surface area contributed by atoms with Crippen LogP contribution in [0.25, 0.3) is 0 Å². The van der Waals surface area contributed by atoms with Crippen LogP contribution in [0.4, 0.5) is 10.6 Å². The molecule has 0 bridgehead atoms. The highest BCUT2D eigenvalue weighted by Crippen LogP contribution is 2.24. The van der Waals surface area contributed by atoms with Gasteiger partial charge in [0.15, 0.2) is 5.82 Å². The lowest BCUT2D eigenvalue weighted by Crippen LogP contribution is -2.38. The minimum atomic E-state index is -0.0642. The summed E-state index contributed by atoms with van der Waals surface area (Å²) in [7, 11) is 0. The molecule has 118 valence electrons. The van der Waals surface area contributed by atoms with Gasteiger partial charge in [-0.15, -0.1) is 11.3 Å². The highest BCUT2D eigenvalue weighted by Gasteiger charge is 2.22. The molecule has 0 radical (unpaired) electrons. The fourth-order valence-corrected chi connectivity index (χ4v) is 3.67. The molecular formula is C16H22N4OS. The summed E-state index contributed by atoms with van der Waals surface area (Å²) in [6.07, 6.45) is 1.96. The molecule has 1 aliphatic rings. The number of anilines is 1. The molecule has 0 fully saturated rings. The van der Waals surface area contributed by atoms with Crippen LogP contribution in [0, 0.1) is 6.92 Å². The molecule has 1 atom stereocenters. The number of fused-ring (bicyclic) bond motifs is 1. The molecule has 3 rings (SSSR count). The first-order chi connectivity index (χ1) is 10.6. The van der Waals surface area contributed by atoms with E-state index in [0.29, 0.717) is 18.4 Å². The minimum Gasteiger partial charge on any atom is -0.320 e. The van der Waals surface area contributed by atoms with Crippen molar-refractivity contribution in [3.63, 3.8) is 0 Å². The largest absolute Gasteiger partial charge is 0.323 e. The van der Waals surface area contributed by atoms with Crippen LogP contribution in [-0.2, 0) is 13.0 Å². The van der Waals surface area contributed by atoms with Gasteiger partial charge in [-0.3, -0.25) is 10.00 Å². The predicted molar refractivity (Wildman–Crippen MR) is 89.4 cm³/mol. The SMILES string of the molecule is CCC(C)n1nc(NC(=O)N2CCc3sccc3C2)cc1C. The molecule has 0 saturated heterocycles. The first-order valence-electron chi connectivity index (χ1n) is 7.75. The van der Waals surface area contributed by atoms with Gasteiger partial charge in [0.25, 0.3) is 0 Å². The van der Waals surface area contributed by atoms with Crippen molar-refractivity contribution in [3.05, 3.63) is 33.6 Å². The summed E-state index contributed by atoms with van der Waals surface area (Å²) >= 11 is 1.78. The van der Waals surface area contributed by atoms with Crippen molar-refractivity contribution >= 4 is 23.2 Å². The molecular weight excluding hydrogens is 296 g/mol. The Hall–Kier alpha value is -1.82. The predicted octanol–water partition coefficient (Wildman–Crippen LogP) is 3.81. The zero-order valence-electron chi connectivity index (χ0n) is 13.3. The van der Waals surface area contributed by atoms with Gasteiger partial charge in [-0.25, -0.2) is 4.79 Å². The van der Waals surface area contributed by atoms with E-state index in [1.165, 1.54) is 10.4 Å². The van der Waals surface area contributed by atoms with Crippen LogP contribution in [0.1, 0.15) is 42.4 Å². The van der Waals surface area contributed by atoms with E-state index in [1.54, 1.807) is 11.3 Å². The fraction of sp³-hybridized carbons (Fsp3) is 0.500. The maximum absolute atomic E-state index is 12.4. The Morgan fingerprint density at radius 2 is 2.36 bits per heavy atom. The van der Waals surface area contributed by atoms with Crippen LogP contribution < -0.4 is 5.32 Å². The summed E-state index contributed by atoms with van der Waals surface area (Å²) in [4.78, 5) is 15.7. The summed E-state index contributed by atoms with van der Waals surface area (Å²) < 4.78 is 1.97. The number of carbonyl (C=O) groups excluding carboxylic acids is 1. The number of urea groups is 1. The Bertz CT molecular complexity index is 675. The van der Waals surface area contributed by atoms with Crippen molar-refractivity contribution in [2.24, 2.45) is 0 Å². The molecule has 1 unspecified atom stereocenters. The van der Waals surface area contributed by atoms with Gasteiger partial charge in [0, 0.05) is 35.8 Å². The van der Waals surface area contributed by atoms with Gasteiger partial charge in [-0.1, -0.05) is 6.92 Å². The molecule has 1 aliphatic heterocycles. The Balaban J connectivity index is 1.68. The van der Waals surface area contributed by atoms with Gasteiger partial charge >= 0.3 is 6.03 Å². The van der Waals surface area contributed by atoms with Crippen molar-refractivity contribution in [3.8, 4) is 0 Å². The van der Waals surface area contributed by atoms with Crippen LogP contribution in [-0.4, -0.2) is 27.3 Å². The van der Waals surface area contributed by atoms with Gasteiger partial charge in [0.05, 0.1) is 0 Å². The summed E-state index contributed by atoms with van der Waals surface area (Å²) in [5.41, 5.74) is 2.34. The van der Waals surface area contributed by atoms with E-state index in [9.17, 15) is 4.79 Å². The molecule has 0 saturated carbocycles. The lowest BCUT2D eigenvalue weighted by Gasteiger charge is -2.26.